The van der Waals surface area contributed by atoms with Crippen molar-refractivity contribution >= 4 is 11.6 Å². The fourth-order valence-corrected chi connectivity index (χ4v) is 2.21. The van der Waals surface area contributed by atoms with Crippen LogP contribution >= 0.6 is 0 Å². The first-order valence-electron chi connectivity index (χ1n) is 7.53. The molecule has 7 heteroatoms. The summed E-state index contributed by atoms with van der Waals surface area (Å²) in [6, 6.07) is 14.7. The van der Waals surface area contributed by atoms with E-state index in [1.54, 1.807) is 42.5 Å². The number of aryl methyl sites for hydroxylation is 1. The largest absolute Gasteiger partial charge is 0.421 e. The van der Waals surface area contributed by atoms with E-state index in [0.29, 0.717) is 11.3 Å². The SMILES string of the molecule is N#Cc1cccc(NC(=O)CCc2nnc(-c3ccccc3F)o2)c1. The molecule has 1 N–H and O–H groups in total. The van der Waals surface area contributed by atoms with Gasteiger partial charge in [-0.2, -0.15) is 5.26 Å². The molecule has 0 bridgehead atoms. The third kappa shape index (κ3) is 4.06. The maximum Gasteiger partial charge on any atom is 0.250 e. The normalized spacial score (nSPS) is 10.2. The molecule has 2 aromatic carbocycles. The van der Waals surface area contributed by atoms with Gasteiger partial charge in [-0.15, -0.1) is 10.2 Å². The van der Waals surface area contributed by atoms with Gasteiger partial charge in [0, 0.05) is 18.5 Å². The number of nitrogens with zero attached hydrogens (tertiary/aromatic N) is 3. The Morgan fingerprint density at radius 2 is 2.04 bits per heavy atom. The third-order valence-corrected chi connectivity index (χ3v) is 3.41. The molecule has 25 heavy (non-hydrogen) atoms. The lowest BCUT2D eigenvalue weighted by Gasteiger charge is -2.04. The number of halogens is 1. The molecule has 3 aromatic rings. The second-order valence-corrected chi connectivity index (χ2v) is 5.22. The van der Waals surface area contributed by atoms with E-state index in [2.05, 4.69) is 15.5 Å². The van der Waals surface area contributed by atoms with Crippen molar-refractivity contribution < 1.29 is 13.6 Å². The van der Waals surface area contributed by atoms with E-state index in [4.69, 9.17) is 9.68 Å². The lowest BCUT2D eigenvalue weighted by Crippen LogP contribution is -2.12. The maximum absolute atomic E-state index is 13.7. The number of nitriles is 1. The van der Waals surface area contributed by atoms with Gasteiger partial charge in [0.15, 0.2) is 0 Å². The van der Waals surface area contributed by atoms with Crippen molar-refractivity contribution in [1.29, 1.82) is 5.26 Å². The molecule has 1 heterocycles. The Hall–Kier alpha value is -3.53. The van der Waals surface area contributed by atoms with Crippen molar-refractivity contribution in [2.24, 2.45) is 0 Å². The molecule has 0 saturated heterocycles. The summed E-state index contributed by atoms with van der Waals surface area (Å²) in [4.78, 5) is 12.0. The van der Waals surface area contributed by atoms with Crippen LogP contribution in [-0.2, 0) is 11.2 Å². The van der Waals surface area contributed by atoms with Crippen molar-refractivity contribution in [3.05, 3.63) is 65.8 Å². The predicted molar refractivity (Wildman–Crippen MR) is 87.8 cm³/mol. The molecule has 0 aliphatic rings. The highest BCUT2D eigenvalue weighted by Crippen LogP contribution is 2.21. The molecule has 0 atom stereocenters. The molecule has 0 spiro atoms. The minimum absolute atomic E-state index is 0.0789. The third-order valence-electron chi connectivity index (χ3n) is 3.41. The van der Waals surface area contributed by atoms with E-state index in [9.17, 15) is 9.18 Å². The van der Waals surface area contributed by atoms with E-state index in [0.717, 1.165) is 0 Å². The first-order valence-corrected chi connectivity index (χ1v) is 7.53. The van der Waals surface area contributed by atoms with E-state index < -0.39 is 5.82 Å². The minimum atomic E-state index is -0.451. The number of amides is 1. The van der Waals surface area contributed by atoms with Crippen LogP contribution < -0.4 is 5.32 Å². The van der Waals surface area contributed by atoms with Gasteiger partial charge in [-0.05, 0) is 30.3 Å². The Labute approximate surface area is 142 Å². The minimum Gasteiger partial charge on any atom is -0.421 e. The fourth-order valence-electron chi connectivity index (χ4n) is 2.21. The van der Waals surface area contributed by atoms with Crippen molar-refractivity contribution in [1.82, 2.24) is 10.2 Å². The Morgan fingerprint density at radius 1 is 1.20 bits per heavy atom. The number of hydrogen-bond acceptors (Lipinski definition) is 5. The zero-order valence-electron chi connectivity index (χ0n) is 13.1. The zero-order valence-corrected chi connectivity index (χ0v) is 13.1. The summed E-state index contributed by atoms with van der Waals surface area (Å²) < 4.78 is 19.1. The summed E-state index contributed by atoms with van der Waals surface area (Å²) in [6.07, 6.45) is 0.348. The van der Waals surface area contributed by atoms with Crippen LogP contribution in [0, 0.1) is 17.1 Å². The molecule has 1 amide bonds. The van der Waals surface area contributed by atoms with Gasteiger partial charge in [0.2, 0.25) is 11.8 Å². The second kappa shape index (κ2) is 7.36. The van der Waals surface area contributed by atoms with Gasteiger partial charge in [0.1, 0.15) is 5.82 Å². The van der Waals surface area contributed by atoms with Crippen LogP contribution in [0.5, 0.6) is 0 Å². The summed E-state index contributed by atoms with van der Waals surface area (Å²) in [6.45, 7) is 0. The second-order valence-electron chi connectivity index (χ2n) is 5.22. The summed E-state index contributed by atoms with van der Waals surface area (Å²) >= 11 is 0. The van der Waals surface area contributed by atoms with Gasteiger partial charge in [-0.3, -0.25) is 4.79 Å². The summed E-state index contributed by atoms with van der Waals surface area (Å²) in [5, 5.41) is 19.2. The molecule has 0 aliphatic carbocycles. The van der Waals surface area contributed by atoms with Crippen LogP contribution in [-0.4, -0.2) is 16.1 Å². The fraction of sp³-hybridized carbons (Fsp3) is 0.111. The quantitative estimate of drug-likeness (QED) is 0.771. The molecule has 3 rings (SSSR count). The van der Waals surface area contributed by atoms with Crippen LogP contribution in [0.15, 0.2) is 52.9 Å². The lowest BCUT2D eigenvalue weighted by molar-refractivity contribution is -0.116. The number of nitrogens with one attached hydrogen (secondary N) is 1. The van der Waals surface area contributed by atoms with Crippen molar-refractivity contribution in [2.75, 3.05) is 5.32 Å². The molecule has 1 aromatic heterocycles. The van der Waals surface area contributed by atoms with Gasteiger partial charge in [-0.1, -0.05) is 18.2 Å². The number of carbonyl (C=O) groups excluding carboxylic acids is 1. The number of benzene rings is 2. The number of aromatic nitrogens is 2. The highest BCUT2D eigenvalue weighted by molar-refractivity contribution is 5.90. The Balaban J connectivity index is 1.60. The molecule has 0 saturated carbocycles. The summed E-state index contributed by atoms with van der Waals surface area (Å²) in [5.41, 5.74) is 1.23. The van der Waals surface area contributed by atoms with E-state index in [-0.39, 0.29) is 36.1 Å². The molecule has 0 radical (unpaired) electrons. The Morgan fingerprint density at radius 3 is 2.84 bits per heavy atom. The number of rotatable bonds is 5. The van der Waals surface area contributed by atoms with Crippen LogP contribution in [0.3, 0.4) is 0 Å². The smallest absolute Gasteiger partial charge is 0.250 e. The lowest BCUT2D eigenvalue weighted by atomic mass is 10.2. The highest BCUT2D eigenvalue weighted by Gasteiger charge is 2.13. The molecular weight excluding hydrogens is 323 g/mol. The molecule has 0 fully saturated rings. The number of carbonyl (C=O) groups is 1. The monoisotopic (exact) mass is 336 g/mol. The average Bonchev–Trinajstić information content (AvgIpc) is 3.09. The maximum atomic E-state index is 13.7. The zero-order chi connectivity index (χ0) is 17.6. The topological polar surface area (TPSA) is 91.8 Å². The van der Waals surface area contributed by atoms with E-state index in [1.165, 1.54) is 6.07 Å². The van der Waals surface area contributed by atoms with E-state index >= 15 is 0 Å². The standard InChI is InChI=1S/C18H13FN4O2/c19-15-7-2-1-6-14(15)18-23-22-17(25-18)9-8-16(24)21-13-5-3-4-12(10-13)11-20/h1-7,10H,8-9H2,(H,21,24). The average molecular weight is 336 g/mol. The first kappa shape index (κ1) is 16.3. The van der Waals surface area contributed by atoms with Gasteiger partial charge in [-0.25, -0.2) is 4.39 Å². The van der Waals surface area contributed by atoms with Gasteiger partial charge in [0.05, 0.1) is 17.2 Å². The van der Waals surface area contributed by atoms with Crippen LogP contribution in [0.1, 0.15) is 17.9 Å². The molecule has 6 nitrogen and oxygen atoms in total. The Kier molecular flexibility index (Phi) is 4.81. The molecule has 0 unspecified atom stereocenters. The van der Waals surface area contributed by atoms with E-state index in [1.807, 2.05) is 6.07 Å². The van der Waals surface area contributed by atoms with Crippen molar-refractivity contribution in [3.8, 4) is 17.5 Å². The van der Waals surface area contributed by atoms with Crippen molar-refractivity contribution in [2.45, 2.75) is 12.8 Å². The number of anilines is 1. The first-order chi connectivity index (χ1) is 12.2. The molecular formula is C18H13FN4O2. The number of hydrogen-bond donors (Lipinski definition) is 1. The summed E-state index contributed by atoms with van der Waals surface area (Å²) in [5.74, 6) is -0.372. The summed E-state index contributed by atoms with van der Waals surface area (Å²) in [7, 11) is 0. The van der Waals surface area contributed by atoms with Crippen molar-refractivity contribution in [3.63, 3.8) is 0 Å². The van der Waals surface area contributed by atoms with Crippen LogP contribution in [0.4, 0.5) is 10.1 Å². The molecule has 124 valence electrons. The van der Waals surface area contributed by atoms with Crippen LogP contribution in [0.25, 0.3) is 11.5 Å². The van der Waals surface area contributed by atoms with Gasteiger partial charge in [0.25, 0.3) is 5.89 Å². The predicted octanol–water partition coefficient (Wildman–Crippen LogP) is 3.32. The van der Waals surface area contributed by atoms with Gasteiger partial charge >= 0.3 is 0 Å². The van der Waals surface area contributed by atoms with Gasteiger partial charge < -0.3 is 9.73 Å². The van der Waals surface area contributed by atoms with Crippen LogP contribution in [0.2, 0.25) is 0 Å². The highest BCUT2D eigenvalue weighted by atomic mass is 19.1. The Bertz CT molecular complexity index is 946. The molecule has 0 aliphatic heterocycles.